The number of ether oxygens (including phenoxy) is 1. The van der Waals surface area contributed by atoms with Gasteiger partial charge in [-0.05, 0) is 74.0 Å². The Bertz CT molecular complexity index is 435. The highest BCUT2D eigenvalue weighted by Gasteiger charge is 2.41. The molecular formula is C28H50O. The van der Waals surface area contributed by atoms with Gasteiger partial charge in [-0.1, -0.05) is 83.6 Å². The zero-order valence-electron chi connectivity index (χ0n) is 19.6. The van der Waals surface area contributed by atoms with Crippen LogP contribution in [0.5, 0.6) is 0 Å². The van der Waals surface area contributed by atoms with Gasteiger partial charge in [-0.3, -0.25) is 0 Å². The third kappa shape index (κ3) is 6.84. The van der Waals surface area contributed by atoms with Crippen LogP contribution >= 0.6 is 0 Å². The first-order chi connectivity index (χ1) is 14.3. The van der Waals surface area contributed by atoms with Gasteiger partial charge in [0.15, 0.2) is 0 Å². The standard InChI is InChI=1S/C28H50O/c1-3-22-29-23-24-17-20-28(21-18-24,27-15-9-6-10-16-27)19-11-14-25(4-2)26-12-7-5-8-13-26/h3,24-27H,1,4-23H2,2H3/t24-,25?,28+. The predicted octanol–water partition coefficient (Wildman–Crippen LogP) is 8.72. The van der Waals surface area contributed by atoms with E-state index in [0.29, 0.717) is 5.41 Å². The van der Waals surface area contributed by atoms with E-state index in [1.807, 2.05) is 6.08 Å². The lowest BCUT2D eigenvalue weighted by molar-refractivity contribution is 0.0127. The molecule has 0 aromatic carbocycles. The largest absolute Gasteiger partial charge is 0.377 e. The van der Waals surface area contributed by atoms with Crippen molar-refractivity contribution in [3.8, 4) is 0 Å². The van der Waals surface area contributed by atoms with Gasteiger partial charge >= 0.3 is 0 Å². The van der Waals surface area contributed by atoms with Crippen molar-refractivity contribution >= 4 is 0 Å². The van der Waals surface area contributed by atoms with Crippen LogP contribution in [-0.2, 0) is 4.74 Å². The summed E-state index contributed by atoms with van der Waals surface area (Å²) in [6.45, 7) is 7.94. The Morgan fingerprint density at radius 2 is 1.59 bits per heavy atom. The Kier molecular flexibility index (Phi) is 10.1. The average Bonchev–Trinajstić information content (AvgIpc) is 2.79. The number of hydrogen-bond acceptors (Lipinski definition) is 1. The molecule has 3 fully saturated rings. The molecule has 1 nitrogen and oxygen atoms in total. The van der Waals surface area contributed by atoms with Crippen LogP contribution in [0.4, 0.5) is 0 Å². The molecule has 29 heavy (non-hydrogen) atoms. The van der Waals surface area contributed by atoms with E-state index >= 15 is 0 Å². The Morgan fingerprint density at radius 3 is 2.21 bits per heavy atom. The SMILES string of the molecule is C=CCOC[C@H]1CC[C@@](CCCC(CC)C2CCCCC2)(C2CCCCC2)CC1. The van der Waals surface area contributed by atoms with Gasteiger partial charge in [-0.2, -0.15) is 0 Å². The molecule has 0 aromatic rings. The summed E-state index contributed by atoms with van der Waals surface area (Å²) in [5.41, 5.74) is 0.681. The Morgan fingerprint density at radius 1 is 0.931 bits per heavy atom. The van der Waals surface area contributed by atoms with Crippen LogP contribution in [0.2, 0.25) is 0 Å². The molecular weight excluding hydrogens is 352 g/mol. The second-order valence-corrected chi connectivity index (χ2v) is 10.9. The van der Waals surface area contributed by atoms with Crippen LogP contribution in [0.25, 0.3) is 0 Å². The summed E-state index contributed by atoms with van der Waals surface area (Å²) in [6, 6.07) is 0. The lowest BCUT2D eigenvalue weighted by Crippen LogP contribution is -2.37. The maximum Gasteiger partial charge on any atom is 0.0644 e. The number of rotatable bonds is 11. The molecule has 0 aromatic heterocycles. The van der Waals surface area contributed by atoms with Gasteiger partial charge in [0.2, 0.25) is 0 Å². The molecule has 3 aliphatic carbocycles. The fourth-order valence-corrected chi connectivity index (χ4v) is 7.41. The fraction of sp³-hybridized carbons (Fsp3) is 0.929. The van der Waals surface area contributed by atoms with Crippen molar-refractivity contribution in [2.45, 2.75) is 122 Å². The predicted molar refractivity (Wildman–Crippen MR) is 126 cm³/mol. The molecule has 0 saturated heterocycles. The lowest BCUT2D eigenvalue weighted by Gasteiger charge is -2.48. The minimum absolute atomic E-state index is 0.681. The summed E-state index contributed by atoms with van der Waals surface area (Å²) in [7, 11) is 0. The van der Waals surface area contributed by atoms with Crippen LogP contribution in [0.15, 0.2) is 12.7 Å². The third-order valence-electron chi connectivity index (χ3n) is 9.25. The van der Waals surface area contributed by atoms with E-state index in [9.17, 15) is 0 Å². The third-order valence-corrected chi connectivity index (χ3v) is 9.25. The summed E-state index contributed by atoms with van der Waals surface area (Å²) in [5, 5.41) is 0. The summed E-state index contributed by atoms with van der Waals surface area (Å²) < 4.78 is 5.81. The van der Waals surface area contributed by atoms with Crippen molar-refractivity contribution in [3.05, 3.63) is 12.7 Å². The molecule has 3 saturated carbocycles. The quantitative estimate of drug-likeness (QED) is 0.248. The molecule has 1 atom stereocenters. The van der Waals surface area contributed by atoms with E-state index in [2.05, 4.69) is 13.5 Å². The van der Waals surface area contributed by atoms with Crippen LogP contribution in [0, 0.1) is 29.1 Å². The Balaban J connectivity index is 1.52. The molecule has 1 heteroatoms. The first-order valence-electron chi connectivity index (χ1n) is 13.5. The molecule has 0 amide bonds. The van der Waals surface area contributed by atoms with Gasteiger partial charge in [0.05, 0.1) is 6.61 Å². The first kappa shape index (κ1) is 23.4. The van der Waals surface area contributed by atoms with Crippen molar-refractivity contribution in [1.82, 2.24) is 0 Å². The highest BCUT2D eigenvalue weighted by atomic mass is 16.5. The van der Waals surface area contributed by atoms with E-state index in [4.69, 9.17) is 4.74 Å². The van der Waals surface area contributed by atoms with Crippen molar-refractivity contribution in [2.75, 3.05) is 13.2 Å². The summed E-state index contributed by atoms with van der Waals surface area (Å²) >= 11 is 0. The van der Waals surface area contributed by atoms with Crippen molar-refractivity contribution in [2.24, 2.45) is 29.1 Å². The van der Waals surface area contributed by atoms with Gasteiger partial charge in [-0.25, -0.2) is 0 Å². The molecule has 1 unspecified atom stereocenters. The van der Waals surface area contributed by atoms with E-state index in [1.165, 1.54) is 116 Å². The lowest BCUT2D eigenvalue weighted by atomic mass is 9.58. The smallest absolute Gasteiger partial charge is 0.0644 e. The molecule has 168 valence electrons. The van der Waals surface area contributed by atoms with Crippen LogP contribution in [0.1, 0.15) is 122 Å². The summed E-state index contributed by atoms with van der Waals surface area (Å²) in [5.74, 6) is 3.90. The van der Waals surface area contributed by atoms with E-state index in [0.717, 1.165) is 36.9 Å². The average molecular weight is 403 g/mol. The Labute approximate surface area is 182 Å². The highest BCUT2D eigenvalue weighted by molar-refractivity contribution is 4.92. The van der Waals surface area contributed by atoms with Gasteiger partial charge in [0.1, 0.15) is 0 Å². The van der Waals surface area contributed by atoms with Crippen LogP contribution in [0.3, 0.4) is 0 Å². The minimum atomic E-state index is 0.681. The molecule has 0 bridgehead atoms. The minimum Gasteiger partial charge on any atom is -0.377 e. The molecule has 0 heterocycles. The molecule has 0 spiro atoms. The van der Waals surface area contributed by atoms with Gasteiger partial charge in [-0.15, -0.1) is 6.58 Å². The molecule has 0 N–H and O–H groups in total. The second-order valence-electron chi connectivity index (χ2n) is 10.9. The molecule has 0 aliphatic heterocycles. The monoisotopic (exact) mass is 402 g/mol. The number of hydrogen-bond donors (Lipinski definition) is 0. The van der Waals surface area contributed by atoms with Gasteiger partial charge < -0.3 is 4.74 Å². The topological polar surface area (TPSA) is 9.23 Å². The molecule has 0 radical (unpaired) electrons. The zero-order valence-corrected chi connectivity index (χ0v) is 19.6. The second kappa shape index (κ2) is 12.5. The highest BCUT2D eigenvalue weighted by Crippen LogP contribution is 2.53. The van der Waals surface area contributed by atoms with Crippen LogP contribution in [-0.4, -0.2) is 13.2 Å². The van der Waals surface area contributed by atoms with Crippen LogP contribution < -0.4 is 0 Å². The summed E-state index contributed by atoms with van der Waals surface area (Å²) in [6.07, 6.45) is 28.7. The normalized spacial score (nSPS) is 30.9. The van der Waals surface area contributed by atoms with Crippen molar-refractivity contribution in [1.29, 1.82) is 0 Å². The Hall–Kier alpha value is -0.300. The van der Waals surface area contributed by atoms with E-state index in [1.54, 1.807) is 0 Å². The van der Waals surface area contributed by atoms with E-state index in [-0.39, 0.29) is 0 Å². The zero-order chi connectivity index (χ0) is 20.4. The van der Waals surface area contributed by atoms with E-state index < -0.39 is 0 Å². The maximum atomic E-state index is 5.81. The summed E-state index contributed by atoms with van der Waals surface area (Å²) in [4.78, 5) is 0. The first-order valence-corrected chi connectivity index (χ1v) is 13.5. The fourth-order valence-electron chi connectivity index (χ4n) is 7.41. The van der Waals surface area contributed by atoms with Crippen molar-refractivity contribution in [3.63, 3.8) is 0 Å². The van der Waals surface area contributed by atoms with Crippen molar-refractivity contribution < 1.29 is 4.74 Å². The maximum absolute atomic E-state index is 5.81. The van der Waals surface area contributed by atoms with Gasteiger partial charge in [0, 0.05) is 6.61 Å². The molecule has 3 rings (SSSR count). The molecule has 3 aliphatic rings. The van der Waals surface area contributed by atoms with Gasteiger partial charge in [0.25, 0.3) is 0 Å².